The zero-order valence-corrected chi connectivity index (χ0v) is 12.7. The van der Waals surface area contributed by atoms with E-state index >= 15 is 0 Å². The number of amides is 1. The van der Waals surface area contributed by atoms with E-state index in [1.807, 2.05) is 19.1 Å². The van der Waals surface area contributed by atoms with Gasteiger partial charge in [0.1, 0.15) is 17.3 Å². The summed E-state index contributed by atoms with van der Waals surface area (Å²) >= 11 is 0. The zero-order valence-electron chi connectivity index (χ0n) is 12.7. The molecule has 0 aliphatic heterocycles. The molecule has 23 heavy (non-hydrogen) atoms. The first-order valence-electron chi connectivity index (χ1n) is 7.49. The van der Waals surface area contributed by atoms with Gasteiger partial charge in [-0.05, 0) is 36.8 Å². The highest BCUT2D eigenvalue weighted by Gasteiger charge is 2.13. The van der Waals surface area contributed by atoms with Crippen molar-refractivity contribution in [2.75, 3.05) is 11.9 Å². The second-order valence-corrected chi connectivity index (χ2v) is 5.18. The van der Waals surface area contributed by atoms with Crippen LogP contribution in [-0.4, -0.2) is 17.5 Å². The van der Waals surface area contributed by atoms with Crippen LogP contribution in [0, 0.1) is 5.82 Å². The van der Waals surface area contributed by atoms with E-state index in [9.17, 15) is 9.18 Å². The number of hydrogen-bond acceptors (Lipinski definition) is 2. The van der Waals surface area contributed by atoms with Gasteiger partial charge in [-0.15, -0.1) is 0 Å². The summed E-state index contributed by atoms with van der Waals surface area (Å²) in [6.45, 7) is 2.59. The van der Waals surface area contributed by atoms with Crippen LogP contribution in [0.25, 0.3) is 10.9 Å². The number of para-hydroxylation sites is 2. The van der Waals surface area contributed by atoms with Crippen molar-refractivity contribution in [3.8, 4) is 5.75 Å². The molecule has 118 valence electrons. The Morgan fingerprint density at radius 1 is 1.22 bits per heavy atom. The van der Waals surface area contributed by atoms with Crippen molar-refractivity contribution in [3.63, 3.8) is 0 Å². The van der Waals surface area contributed by atoms with Crippen molar-refractivity contribution < 1.29 is 13.9 Å². The molecule has 1 heterocycles. The summed E-state index contributed by atoms with van der Waals surface area (Å²) in [4.78, 5) is 15.3. The van der Waals surface area contributed by atoms with Crippen LogP contribution in [0.3, 0.4) is 0 Å². The molecule has 2 N–H and O–H groups in total. The standard InChI is InChI=1S/C18H17FN2O2/c1-2-10-23-17-9-4-3-7-15(17)21-18(22)16-11-12-13(19)6-5-8-14(12)20-16/h3-9,11,20H,2,10H2,1H3,(H,21,22). The van der Waals surface area contributed by atoms with Crippen LogP contribution in [0.1, 0.15) is 23.8 Å². The highest BCUT2D eigenvalue weighted by Crippen LogP contribution is 2.25. The molecule has 3 aromatic rings. The molecule has 0 bridgehead atoms. The first-order chi connectivity index (χ1) is 11.2. The Bertz CT molecular complexity index is 842. The number of hydrogen-bond donors (Lipinski definition) is 2. The number of H-pyrrole nitrogens is 1. The molecule has 0 radical (unpaired) electrons. The molecule has 2 aromatic carbocycles. The predicted molar refractivity (Wildman–Crippen MR) is 88.4 cm³/mol. The molecular formula is C18H17FN2O2. The van der Waals surface area contributed by atoms with Gasteiger partial charge in [0.05, 0.1) is 12.3 Å². The van der Waals surface area contributed by atoms with Crippen molar-refractivity contribution in [2.24, 2.45) is 0 Å². The number of rotatable bonds is 5. The van der Waals surface area contributed by atoms with Gasteiger partial charge in [-0.2, -0.15) is 0 Å². The van der Waals surface area contributed by atoms with Crippen molar-refractivity contribution in [3.05, 3.63) is 60.0 Å². The quantitative estimate of drug-likeness (QED) is 0.736. The summed E-state index contributed by atoms with van der Waals surface area (Å²) in [5.74, 6) is -0.0809. The predicted octanol–water partition coefficient (Wildman–Crippen LogP) is 4.35. The minimum atomic E-state index is -0.357. The van der Waals surface area contributed by atoms with Gasteiger partial charge in [0.25, 0.3) is 5.91 Å². The van der Waals surface area contributed by atoms with Gasteiger partial charge in [-0.3, -0.25) is 4.79 Å². The number of carbonyl (C=O) groups excluding carboxylic acids is 1. The number of nitrogens with one attached hydrogen (secondary N) is 2. The number of aromatic amines is 1. The fourth-order valence-electron chi connectivity index (χ4n) is 2.34. The molecule has 0 saturated carbocycles. The molecule has 4 nitrogen and oxygen atoms in total. The third-order valence-corrected chi connectivity index (χ3v) is 3.45. The molecule has 0 aliphatic rings. The minimum Gasteiger partial charge on any atom is -0.491 e. The van der Waals surface area contributed by atoms with Crippen molar-refractivity contribution >= 4 is 22.5 Å². The zero-order chi connectivity index (χ0) is 16.2. The Balaban J connectivity index is 1.85. The lowest BCUT2D eigenvalue weighted by Crippen LogP contribution is -2.13. The second kappa shape index (κ2) is 6.52. The van der Waals surface area contributed by atoms with E-state index in [-0.39, 0.29) is 11.7 Å². The van der Waals surface area contributed by atoms with Gasteiger partial charge < -0.3 is 15.0 Å². The van der Waals surface area contributed by atoms with E-state index in [1.165, 1.54) is 12.1 Å². The number of aromatic nitrogens is 1. The average Bonchev–Trinajstić information content (AvgIpc) is 3.00. The van der Waals surface area contributed by atoms with Gasteiger partial charge in [0.2, 0.25) is 0 Å². The maximum atomic E-state index is 13.7. The maximum absolute atomic E-state index is 13.7. The van der Waals surface area contributed by atoms with Gasteiger partial charge in [-0.25, -0.2) is 4.39 Å². The summed E-state index contributed by atoms with van der Waals surface area (Å²) in [6.07, 6.45) is 0.879. The van der Waals surface area contributed by atoms with E-state index < -0.39 is 0 Å². The van der Waals surface area contributed by atoms with Gasteiger partial charge >= 0.3 is 0 Å². The molecule has 0 aliphatic carbocycles. The van der Waals surface area contributed by atoms with Crippen molar-refractivity contribution in [2.45, 2.75) is 13.3 Å². The van der Waals surface area contributed by atoms with Crippen LogP contribution in [0.2, 0.25) is 0 Å². The second-order valence-electron chi connectivity index (χ2n) is 5.18. The van der Waals surface area contributed by atoms with Crippen LogP contribution in [0.5, 0.6) is 5.75 Å². The van der Waals surface area contributed by atoms with E-state index in [2.05, 4.69) is 10.3 Å². The molecule has 0 saturated heterocycles. The number of ether oxygens (including phenoxy) is 1. The van der Waals surface area contributed by atoms with Crippen LogP contribution in [0.4, 0.5) is 10.1 Å². The number of carbonyl (C=O) groups is 1. The Labute approximate surface area is 133 Å². The topological polar surface area (TPSA) is 54.1 Å². The van der Waals surface area contributed by atoms with Crippen LogP contribution in [-0.2, 0) is 0 Å². The summed E-state index contributed by atoms with van der Waals surface area (Å²) in [7, 11) is 0. The Morgan fingerprint density at radius 3 is 2.83 bits per heavy atom. The first kappa shape index (κ1) is 15.1. The summed E-state index contributed by atoms with van der Waals surface area (Å²) in [6, 6.07) is 13.4. The molecule has 0 atom stereocenters. The van der Waals surface area contributed by atoms with Gasteiger partial charge in [0, 0.05) is 10.9 Å². The summed E-state index contributed by atoms with van der Waals surface area (Å²) < 4.78 is 19.3. The fraction of sp³-hybridized carbons (Fsp3) is 0.167. The first-order valence-corrected chi connectivity index (χ1v) is 7.49. The number of halogens is 1. The molecule has 1 amide bonds. The van der Waals surface area contributed by atoms with Gasteiger partial charge in [-0.1, -0.05) is 25.1 Å². The lowest BCUT2D eigenvalue weighted by atomic mass is 10.2. The van der Waals surface area contributed by atoms with Crippen LogP contribution < -0.4 is 10.1 Å². The molecular weight excluding hydrogens is 295 g/mol. The molecule has 0 fully saturated rings. The minimum absolute atomic E-state index is 0.301. The molecule has 5 heteroatoms. The summed E-state index contributed by atoms with van der Waals surface area (Å²) in [5, 5.41) is 3.19. The molecule has 1 aromatic heterocycles. The van der Waals surface area contributed by atoms with E-state index in [1.54, 1.807) is 24.3 Å². The number of benzene rings is 2. The molecule has 0 unspecified atom stereocenters. The highest BCUT2D eigenvalue weighted by molar-refractivity contribution is 6.06. The Hall–Kier alpha value is -2.82. The average molecular weight is 312 g/mol. The Kier molecular flexibility index (Phi) is 4.28. The van der Waals surface area contributed by atoms with E-state index in [4.69, 9.17) is 4.74 Å². The van der Waals surface area contributed by atoms with E-state index in [0.717, 1.165) is 6.42 Å². The van der Waals surface area contributed by atoms with Crippen LogP contribution in [0.15, 0.2) is 48.5 Å². The molecule has 3 rings (SSSR count). The number of anilines is 1. The largest absolute Gasteiger partial charge is 0.491 e. The highest BCUT2D eigenvalue weighted by atomic mass is 19.1. The SMILES string of the molecule is CCCOc1ccccc1NC(=O)c1cc2c(F)cccc2[nH]1. The van der Waals surface area contributed by atoms with Crippen molar-refractivity contribution in [1.29, 1.82) is 0 Å². The number of fused-ring (bicyclic) bond motifs is 1. The maximum Gasteiger partial charge on any atom is 0.272 e. The molecule has 0 spiro atoms. The van der Waals surface area contributed by atoms with Crippen molar-refractivity contribution in [1.82, 2.24) is 4.98 Å². The third kappa shape index (κ3) is 3.18. The van der Waals surface area contributed by atoms with E-state index in [0.29, 0.717) is 34.6 Å². The van der Waals surface area contributed by atoms with Gasteiger partial charge in [0.15, 0.2) is 0 Å². The third-order valence-electron chi connectivity index (χ3n) is 3.45. The monoisotopic (exact) mass is 312 g/mol. The summed E-state index contributed by atoms with van der Waals surface area (Å²) in [5.41, 5.74) is 1.48. The lowest BCUT2D eigenvalue weighted by Gasteiger charge is -2.11. The Morgan fingerprint density at radius 2 is 2.04 bits per heavy atom. The smallest absolute Gasteiger partial charge is 0.272 e. The fourth-order valence-corrected chi connectivity index (χ4v) is 2.34. The van der Waals surface area contributed by atoms with Crippen LogP contribution >= 0.6 is 0 Å². The normalized spacial score (nSPS) is 10.7. The lowest BCUT2D eigenvalue weighted by molar-refractivity contribution is 0.102.